The van der Waals surface area contributed by atoms with Crippen molar-refractivity contribution in [3.05, 3.63) is 59.7 Å². The van der Waals surface area contributed by atoms with Crippen molar-refractivity contribution < 1.29 is 4.74 Å². The van der Waals surface area contributed by atoms with Gasteiger partial charge >= 0.3 is 0 Å². The number of thioether (sulfide) groups is 1. The third-order valence-corrected chi connectivity index (χ3v) is 3.76. The molecule has 0 atom stereocenters. The van der Waals surface area contributed by atoms with E-state index in [-0.39, 0.29) is 0 Å². The lowest BCUT2D eigenvalue weighted by Crippen LogP contribution is -2.10. The SMILES string of the molecule is Cc1cccc(C)c1N=C(N)SCCOc1ccccc1. The van der Waals surface area contributed by atoms with Crippen LogP contribution in [-0.2, 0) is 0 Å². The van der Waals surface area contributed by atoms with Gasteiger partial charge in [0, 0.05) is 5.75 Å². The van der Waals surface area contributed by atoms with E-state index in [0.717, 1.165) is 28.3 Å². The Morgan fingerprint density at radius 1 is 1.05 bits per heavy atom. The Morgan fingerprint density at radius 3 is 2.38 bits per heavy atom. The van der Waals surface area contributed by atoms with Crippen LogP contribution in [0.15, 0.2) is 53.5 Å². The molecule has 0 aliphatic rings. The number of aliphatic imine (C=N–C) groups is 1. The van der Waals surface area contributed by atoms with Gasteiger partial charge < -0.3 is 10.5 Å². The molecular weight excluding hydrogens is 280 g/mol. The van der Waals surface area contributed by atoms with E-state index >= 15 is 0 Å². The van der Waals surface area contributed by atoms with Gasteiger partial charge in [0.15, 0.2) is 5.17 Å². The summed E-state index contributed by atoms with van der Waals surface area (Å²) in [4.78, 5) is 4.50. The molecule has 2 N–H and O–H groups in total. The van der Waals surface area contributed by atoms with Crippen LogP contribution in [0.1, 0.15) is 11.1 Å². The third kappa shape index (κ3) is 4.83. The number of amidine groups is 1. The number of rotatable bonds is 5. The minimum absolute atomic E-state index is 0.573. The standard InChI is InChI=1S/C17H20N2OS/c1-13-7-6-8-14(2)16(13)19-17(18)21-12-11-20-15-9-4-3-5-10-15/h3-10H,11-12H2,1-2H3,(H2,18,19). The van der Waals surface area contributed by atoms with Crippen LogP contribution in [0.5, 0.6) is 5.75 Å². The lowest BCUT2D eigenvalue weighted by atomic mass is 10.1. The van der Waals surface area contributed by atoms with Crippen molar-refractivity contribution in [2.75, 3.05) is 12.4 Å². The van der Waals surface area contributed by atoms with Crippen molar-refractivity contribution in [3.63, 3.8) is 0 Å². The summed E-state index contributed by atoms with van der Waals surface area (Å²) in [5.41, 5.74) is 9.22. The Bertz CT molecular complexity index is 591. The fourth-order valence-corrected chi connectivity index (χ4v) is 2.48. The van der Waals surface area contributed by atoms with Gasteiger partial charge in [-0.1, -0.05) is 48.2 Å². The summed E-state index contributed by atoms with van der Waals surface area (Å²) in [7, 11) is 0. The molecule has 3 nitrogen and oxygen atoms in total. The van der Waals surface area contributed by atoms with Crippen LogP contribution in [0.3, 0.4) is 0 Å². The molecule has 0 aromatic heterocycles. The lowest BCUT2D eigenvalue weighted by molar-refractivity contribution is 0.344. The second kappa shape index (κ2) is 7.74. The molecule has 0 aliphatic carbocycles. The highest BCUT2D eigenvalue weighted by Crippen LogP contribution is 2.24. The number of hydrogen-bond donors (Lipinski definition) is 1. The first-order valence-electron chi connectivity index (χ1n) is 6.88. The van der Waals surface area contributed by atoms with Crippen LogP contribution in [0.2, 0.25) is 0 Å². The maximum absolute atomic E-state index is 5.98. The zero-order valence-electron chi connectivity index (χ0n) is 12.4. The molecule has 0 aliphatic heterocycles. The molecule has 0 saturated heterocycles. The maximum atomic E-state index is 5.98. The molecule has 0 amide bonds. The molecular formula is C17H20N2OS. The van der Waals surface area contributed by atoms with Gasteiger partial charge in [0.05, 0.1) is 12.3 Å². The van der Waals surface area contributed by atoms with E-state index in [1.165, 1.54) is 11.8 Å². The van der Waals surface area contributed by atoms with Crippen molar-refractivity contribution in [1.82, 2.24) is 0 Å². The number of benzene rings is 2. The van der Waals surface area contributed by atoms with E-state index in [1.54, 1.807) is 0 Å². The summed E-state index contributed by atoms with van der Waals surface area (Å²) in [6, 6.07) is 15.9. The lowest BCUT2D eigenvalue weighted by Gasteiger charge is -2.07. The van der Waals surface area contributed by atoms with E-state index in [1.807, 2.05) is 62.4 Å². The Hall–Kier alpha value is -1.94. The molecule has 0 heterocycles. The van der Waals surface area contributed by atoms with Gasteiger partial charge in [-0.05, 0) is 37.1 Å². The Labute approximate surface area is 130 Å². The van der Waals surface area contributed by atoms with Gasteiger partial charge in [-0.15, -0.1) is 0 Å². The van der Waals surface area contributed by atoms with Crippen molar-refractivity contribution in [3.8, 4) is 5.75 Å². The van der Waals surface area contributed by atoms with Gasteiger partial charge in [0.1, 0.15) is 5.75 Å². The molecule has 110 valence electrons. The Balaban J connectivity index is 1.84. The highest BCUT2D eigenvalue weighted by atomic mass is 32.2. The zero-order chi connectivity index (χ0) is 15.1. The Morgan fingerprint density at radius 2 is 1.71 bits per heavy atom. The van der Waals surface area contributed by atoms with Crippen LogP contribution in [0.4, 0.5) is 5.69 Å². The van der Waals surface area contributed by atoms with E-state index in [4.69, 9.17) is 10.5 Å². The summed E-state index contributed by atoms with van der Waals surface area (Å²) >= 11 is 1.51. The Kier molecular flexibility index (Phi) is 5.69. The highest BCUT2D eigenvalue weighted by Gasteiger charge is 2.02. The second-order valence-corrected chi connectivity index (χ2v) is 5.82. The smallest absolute Gasteiger partial charge is 0.159 e. The van der Waals surface area contributed by atoms with E-state index in [9.17, 15) is 0 Å². The molecule has 4 heteroatoms. The summed E-state index contributed by atoms with van der Waals surface area (Å²) < 4.78 is 5.62. The number of para-hydroxylation sites is 2. The summed E-state index contributed by atoms with van der Waals surface area (Å²) in [5.74, 6) is 1.65. The van der Waals surface area contributed by atoms with Gasteiger partial charge in [-0.2, -0.15) is 0 Å². The summed E-state index contributed by atoms with van der Waals surface area (Å²) in [6.07, 6.45) is 0. The molecule has 0 bridgehead atoms. The average Bonchev–Trinajstić information content (AvgIpc) is 2.49. The number of nitrogens with zero attached hydrogens (tertiary/aromatic N) is 1. The molecule has 0 spiro atoms. The summed E-state index contributed by atoms with van der Waals surface area (Å²) in [6.45, 7) is 4.70. The first-order valence-corrected chi connectivity index (χ1v) is 7.86. The van der Waals surface area contributed by atoms with Crippen molar-refractivity contribution in [1.29, 1.82) is 0 Å². The van der Waals surface area contributed by atoms with Crippen LogP contribution in [-0.4, -0.2) is 17.5 Å². The van der Waals surface area contributed by atoms with Crippen molar-refractivity contribution >= 4 is 22.6 Å². The fraction of sp³-hybridized carbons (Fsp3) is 0.235. The van der Waals surface area contributed by atoms with Crippen LogP contribution < -0.4 is 10.5 Å². The monoisotopic (exact) mass is 300 g/mol. The fourth-order valence-electron chi connectivity index (χ4n) is 1.95. The normalized spacial score (nSPS) is 11.4. The average molecular weight is 300 g/mol. The summed E-state index contributed by atoms with van der Waals surface area (Å²) in [5, 5.41) is 0.573. The van der Waals surface area contributed by atoms with E-state index < -0.39 is 0 Å². The highest BCUT2D eigenvalue weighted by molar-refractivity contribution is 8.13. The molecule has 0 unspecified atom stereocenters. The van der Waals surface area contributed by atoms with E-state index in [0.29, 0.717) is 11.8 Å². The molecule has 2 rings (SSSR count). The van der Waals surface area contributed by atoms with E-state index in [2.05, 4.69) is 4.99 Å². The molecule has 2 aromatic rings. The second-order valence-electron chi connectivity index (χ2n) is 4.70. The number of ether oxygens (including phenoxy) is 1. The van der Waals surface area contributed by atoms with Gasteiger partial charge in [-0.3, -0.25) is 0 Å². The third-order valence-electron chi connectivity index (χ3n) is 3.01. The van der Waals surface area contributed by atoms with Crippen LogP contribution in [0.25, 0.3) is 0 Å². The van der Waals surface area contributed by atoms with Crippen molar-refractivity contribution in [2.24, 2.45) is 10.7 Å². The minimum Gasteiger partial charge on any atom is -0.493 e. The molecule has 0 radical (unpaired) electrons. The number of nitrogens with two attached hydrogens (primary N) is 1. The predicted molar refractivity (Wildman–Crippen MR) is 91.6 cm³/mol. The first-order chi connectivity index (χ1) is 10.2. The molecule has 0 fully saturated rings. The molecule has 0 saturated carbocycles. The topological polar surface area (TPSA) is 47.6 Å². The predicted octanol–water partition coefficient (Wildman–Crippen LogP) is 4.06. The maximum Gasteiger partial charge on any atom is 0.159 e. The largest absolute Gasteiger partial charge is 0.493 e. The minimum atomic E-state index is 0.573. The first kappa shape index (κ1) is 15.4. The molecule has 21 heavy (non-hydrogen) atoms. The van der Waals surface area contributed by atoms with Crippen LogP contribution in [0, 0.1) is 13.8 Å². The van der Waals surface area contributed by atoms with Gasteiger partial charge in [-0.25, -0.2) is 4.99 Å². The molecule has 2 aromatic carbocycles. The quantitative estimate of drug-likeness (QED) is 0.514. The van der Waals surface area contributed by atoms with Gasteiger partial charge in [0.2, 0.25) is 0 Å². The van der Waals surface area contributed by atoms with Crippen LogP contribution >= 0.6 is 11.8 Å². The zero-order valence-corrected chi connectivity index (χ0v) is 13.2. The number of aryl methyl sites for hydroxylation is 2. The number of hydrogen-bond acceptors (Lipinski definition) is 3. The van der Waals surface area contributed by atoms with Gasteiger partial charge in [0.25, 0.3) is 0 Å². The van der Waals surface area contributed by atoms with Crippen molar-refractivity contribution in [2.45, 2.75) is 13.8 Å².